The Balaban J connectivity index is 2.15. The molecule has 2 rings (SSSR count). The van der Waals surface area contributed by atoms with Gasteiger partial charge in [0.15, 0.2) is 0 Å². The molecule has 0 bridgehead atoms. The van der Waals surface area contributed by atoms with E-state index in [1.54, 1.807) is 11.3 Å². The fourth-order valence-corrected chi connectivity index (χ4v) is 4.18. The molecule has 96 valence electrons. The van der Waals surface area contributed by atoms with E-state index in [0.717, 1.165) is 35.0 Å². The van der Waals surface area contributed by atoms with Gasteiger partial charge in [0.05, 0.1) is 15.4 Å². The van der Waals surface area contributed by atoms with Crippen molar-refractivity contribution in [3.8, 4) is 0 Å². The van der Waals surface area contributed by atoms with Gasteiger partial charge in [0.25, 0.3) is 0 Å². The van der Waals surface area contributed by atoms with Crippen molar-refractivity contribution in [3.05, 3.63) is 19.8 Å². The maximum Gasteiger partial charge on any atom is 0.0887 e. The minimum Gasteiger partial charge on any atom is -0.381 e. The van der Waals surface area contributed by atoms with Crippen molar-refractivity contribution in [1.29, 1.82) is 0 Å². The number of ether oxygens (including phenoxy) is 1. The molecule has 1 saturated heterocycles. The van der Waals surface area contributed by atoms with Crippen LogP contribution in [0.1, 0.15) is 30.7 Å². The molecule has 0 amide bonds. The van der Waals surface area contributed by atoms with Crippen molar-refractivity contribution in [2.75, 3.05) is 19.8 Å². The summed E-state index contributed by atoms with van der Waals surface area (Å²) in [5.74, 6) is 0.560. The summed E-state index contributed by atoms with van der Waals surface area (Å²) in [5, 5.41) is 4.37. The summed E-state index contributed by atoms with van der Waals surface area (Å²) >= 11 is 11.3. The third kappa shape index (κ3) is 3.44. The first-order chi connectivity index (χ1) is 8.22. The summed E-state index contributed by atoms with van der Waals surface area (Å²) < 4.78 is 6.61. The maximum atomic E-state index is 6.12. The van der Waals surface area contributed by atoms with Crippen LogP contribution >= 0.6 is 38.9 Å². The van der Waals surface area contributed by atoms with Crippen LogP contribution in [0, 0.1) is 5.92 Å². The van der Waals surface area contributed by atoms with Gasteiger partial charge in [0.2, 0.25) is 0 Å². The van der Waals surface area contributed by atoms with Gasteiger partial charge in [-0.2, -0.15) is 0 Å². The summed E-state index contributed by atoms with van der Waals surface area (Å²) in [4.78, 5) is 1.30. The number of halogens is 2. The molecule has 1 aliphatic rings. The Morgan fingerprint density at radius 3 is 3.06 bits per heavy atom. The number of nitrogens with one attached hydrogen (secondary N) is 1. The molecular weight excluding hydrogens is 322 g/mol. The lowest BCUT2D eigenvalue weighted by Crippen LogP contribution is -2.32. The zero-order valence-corrected chi connectivity index (χ0v) is 13.0. The van der Waals surface area contributed by atoms with E-state index in [1.807, 2.05) is 0 Å². The summed E-state index contributed by atoms with van der Waals surface area (Å²) in [7, 11) is 0. The van der Waals surface area contributed by atoms with Crippen molar-refractivity contribution in [2.24, 2.45) is 5.92 Å². The van der Waals surface area contributed by atoms with E-state index in [9.17, 15) is 0 Å². The highest BCUT2D eigenvalue weighted by Crippen LogP contribution is 2.39. The molecule has 1 N–H and O–H groups in total. The first-order valence-corrected chi connectivity index (χ1v) is 7.97. The van der Waals surface area contributed by atoms with Crippen LogP contribution in [0.15, 0.2) is 9.85 Å². The number of hydrogen-bond donors (Lipinski definition) is 1. The highest BCUT2D eigenvalue weighted by molar-refractivity contribution is 9.11. The van der Waals surface area contributed by atoms with E-state index in [2.05, 4.69) is 34.2 Å². The molecule has 17 heavy (non-hydrogen) atoms. The monoisotopic (exact) mass is 337 g/mol. The smallest absolute Gasteiger partial charge is 0.0887 e. The predicted molar refractivity (Wildman–Crippen MR) is 77.0 cm³/mol. The second-order valence-corrected chi connectivity index (χ2v) is 7.09. The van der Waals surface area contributed by atoms with Crippen molar-refractivity contribution in [2.45, 2.75) is 25.8 Å². The van der Waals surface area contributed by atoms with Crippen LogP contribution in [-0.2, 0) is 4.74 Å². The van der Waals surface area contributed by atoms with Crippen LogP contribution in [0.25, 0.3) is 0 Å². The summed E-state index contributed by atoms with van der Waals surface area (Å²) in [5.41, 5.74) is 0. The van der Waals surface area contributed by atoms with Crippen LogP contribution in [0.3, 0.4) is 0 Å². The Hall–Kier alpha value is 0.390. The van der Waals surface area contributed by atoms with Crippen LogP contribution in [0.5, 0.6) is 0 Å². The van der Waals surface area contributed by atoms with Gasteiger partial charge in [-0.25, -0.2) is 0 Å². The quantitative estimate of drug-likeness (QED) is 0.886. The van der Waals surface area contributed by atoms with E-state index in [1.165, 1.54) is 11.3 Å². The average molecular weight is 339 g/mol. The van der Waals surface area contributed by atoms with Crippen molar-refractivity contribution in [1.82, 2.24) is 5.32 Å². The molecule has 0 aliphatic carbocycles. The molecule has 1 fully saturated rings. The summed E-state index contributed by atoms with van der Waals surface area (Å²) in [6.45, 7) is 4.87. The zero-order chi connectivity index (χ0) is 12.3. The normalized spacial score (nSPS) is 22.6. The third-order valence-electron chi connectivity index (χ3n) is 3.06. The molecule has 2 heterocycles. The highest BCUT2D eigenvalue weighted by atomic mass is 79.9. The highest BCUT2D eigenvalue weighted by Gasteiger charge is 2.26. The van der Waals surface area contributed by atoms with Crippen molar-refractivity contribution < 1.29 is 4.74 Å². The van der Waals surface area contributed by atoms with Crippen molar-refractivity contribution in [3.63, 3.8) is 0 Å². The van der Waals surface area contributed by atoms with Gasteiger partial charge in [-0.1, -0.05) is 18.5 Å². The fourth-order valence-electron chi connectivity index (χ4n) is 2.26. The van der Waals surface area contributed by atoms with Crippen LogP contribution in [-0.4, -0.2) is 19.8 Å². The summed E-state index contributed by atoms with van der Waals surface area (Å²) in [6, 6.07) is 2.44. The molecule has 2 atom stereocenters. The molecule has 0 aromatic carbocycles. The number of thiophene rings is 1. The van der Waals surface area contributed by atoms with Crippen LogP contribution < -0.4 is 5.32 Å². The summed E-state index contributed by atoms with van der Waals surface area (Å²) in [6.07, 6.45) is 2.39. The average Bonchev–Trinajstić information content (AvgIpc) is 2.67. The third-order valence-corrected chi connectivity index (χ3v) is 5.62. The van der Waals surface area contributed by atoms with Crippen LogP contribution in [0.4, 0.5) is 0 Å². The molecule has 2 nitrogen and oxygen atoms in total. The van der Waals surface area contributed by atoms with Gasteiger partial charge < -0.3 is 10.1 Å². The van der Waals surface area contributed by atoms with E-state index in [-0.39, 0.29) is 0 Å². The number of rotatable bonds is 4. The molecule has 0 saturated carbocycles. The predicted octanol–water partition coefficient (Wildman–Crippen LogP) is 4.24. The molecule has 2 unspecified atom stereocenters. The maximum absolute atomic E-state index is 6.12. The minimum absolute atomic E-state index is 0.370. The second-order valence-electron chi connectivity index (χ2n) is 4.28. The van der Waals surface area contributed by atoms with Crippen LogP contribution in [0.2, 0.25) is 5.02 Å². The van der Waals surface area contributed by atoms with Gasteiger partial charge in [-0.3, -0.25) is 0 Å². The molecule has 1 aliphatic heterocycles. The first-order valence-electron chi connectivity index (χ1n) is 5.98. The SMILES string of the molecule is CCNC(c1cc(Cl)c(Br)s1)C1CCCOC1. The lowest BCUT2D eigenvalue weighted by atomic mass is 9.92. The van der Waals surface area contributed by atoms with E-state index in [4.69, 9.17) is 16.3 Å². The molecule has 1 aromatic heterocycles. The van der Waals surface area contributed by atoms with E-state index in [0.29, 0.717) is 12.0 Å². The number of hydrogen-bond acceptors (Lipinski definition) is 3. The van der Waals surface area contributed by atoms with Crippen molar-refractivity contribution >= 4 is 38.9 Å². The topological polar surface area (TPSA) is 21.3 Å². The van der Waals surface area contributed by atoms with Gasteiger partial charge >= 0.3 is 0 Å². The molecular formula is C12H17BrClNOS. The lowest BCUT2D eigenvalue weighted by molar-refractivity contribution is 0.0398. The Morgan fingerprint density at radius 1 is 1.71 bits per heavy atom. The Kier molecular flexibility index (Phi) is 5.30. The zero-order valence-electron chi connectivity index (χ0n) is 9.84. The molecule has 5 heteroatoms. The minimum atomic E-state index is 0.370. The standard InChI is InChI=1S/C12H17BrClNOS/c1-2-15-11(8-4-3-5-16-7-8)10-6-9(14)12(13)17-10/h6,8,11,15H,2-5,7H2,1H3. The Bertz CT molecular complexity index is 346. The fraction of sp³-hybridized carbons (Fsp3) is 0.667. The van der Waals surface area contributed by atoms with Gasteiger partial charge in [0, 0.05) is 23.4 Å². The molecule has 0 radical (unpaired) electrons. The Morgan fingerprint density at radius 2 is 2.53 bits per heavy atom. The van der Waals surface area contributed by atoms with Gasteiger partial charge in [-0.05, 0) is 41.4 Å². The lowest BCUT2D eigenvalue weighted by Gasteiger charge is -2.30. The van der Waals surface area contributed by atoms with E-state index >= 15 is 0 Å². The second kappa shape index (κ2) is 6.53. The molecule has 1 aromatic rings. The van der Waals surface area contributed by atoms with Gasteiger partial charge in [0.1, 0.15) is 0 Å². The first kappa shape index (κ1) is 13.8. The largest absolute Gasteiger partial charge is 0.381 e. The van der Waals surface area contributed by atoms with Gasteiger partial charge in [-0.15, -0.1) is 11.3 Å². The molecule has 0 spiro atoms. The van der Waals surface area contributed by atoms with E-state index < -0.39 is 0 Å². The Labute approximate surface area is 120 Å².